The third kappa shape index (κ3) is 57.2. The van der Waals surface area contributed by atoms with Gasteiger partial charge in [0.1, 0.15) is 13.2 Å². The van der Waals surface area contributed by atoms with Gasteiger partial charge in [-0.25, -0.2) is 0 Å². The Morgan fingerprint density at radius 1 is 0.275 bits per heavy atom. The van der Waals surface area contributed by atoms with Crippen molar-refractivity contribution in [1.82, 2.24) is 0 Å². The molecule has 0 fully saturated rings. The Balaban J connectivity index is 4.27. The predicted octanol–water partition coefficient (Wildman–Crippen LogP) is 21.0. The van der Waals surface area contributed by atoms with E-state index in [1.807, 2.05) is 0 Å². The second kappa shape index (κ2) is 57.3. The molecule has 0 aromatic carbocycles. The van der Waals surface area contributed by atoms with Crippen molar-refractivity contribution in [3.63, 3.8) is 0 Å². The summed E-state index contributed by atoms with van der Waals surface area (Å²) in [5, 5.41) is 0. The van der Waals surface area contributed by atoms with Gasteiger partial charge in [-0.15, -0.1) is 0 Å². The zero-order chi connectivity index (χ0) is 50.2. The van der Waals surface area contributed by atoms with Crippen LogP contribution >= 0.6 is 0 Å². The number of unbranched alkanes of at least 4 members (excludes halogenated alkanes) is 45. The molecule has 0 aliphatic heterocycles. The zero-order valence-electron chi connectivity index (χ0n) is 47.3. The monoisotopic (exact) mass is 975 g/mol. The van der Waals surface area contributed by atoms with Crippen LogP contribution in [0.3, 0.4) is 0 Å². The number of hydrogen-bond acceptors (Lipinski definition) is 6. The van der Waals surface area contributed by atoms with Gasteiger partial charge in [-0.3, -0.25) is 14.4 Å². The van der Waals surface area contributed by atoms with E-state index in [-0.39, 0.29) is 31.1 Å². The summed E-state index contributed by atoms with van der Waals surface area (Å²) in [4.78, 5) is 38.3. The van der Waals surface area contributed by atoms with Crippen molar-refractivity contribution >= 4 is 17.9 Å². The molecule has 6 heteroatoms. The molecule has 0 N–H and O–H groups in total. The molecule has 0 aromatic rings. The minimum Gasteiger partial charge on any atom is -0.462 e. The molecule has 0 radical (unpaired) electrons. The van der Waals surface area contributed by atoms with E-state index >= 15 is 0 Å². The molecule has 410 valence electrons. The Morgan fingerprint density at radius 3 is 0.710 bits per heavy atom. The SMILES string of the molecule is CCCCCCCCCCCCCCCCCCCCC(=O)O[C@H](COC(=O)CCCCCCCCCCCCCCCC)COC(=O)CCCCCCCCCCCCCCCCCCC(C)C. The summed E-state index contributed by atoms with van der Waals surface area (Å²) in [6, 6.07) is 0. The molecule has 0 heterocycles. The summed E-state index contributed by atoms with van der Waals surface area (Å²) < 4.78 is 16.9. The van der Waals surface area contributed by atoms with Gasteiger partial charge in [-0.05, 0) is 25.2 Å². The van der Waals surface area contributed by atoms with Crippen molar-refractivity contribution in [2.24, 2.45) is 5.92 Å². The second-order valence-corrected chi connectivity index (χ2v) is 22.2. The highest BCUT2D eigenvalue weighted by Crippen LogP contribution is 2.19. The lowest BCUT2D eigenvalue weighted by molar-refractivity contribution is -0.167. The molecule has 0 aliphatic rings. The Bertz CT molecular complexity index is 1040. The first-order valence-electron chi connectivity index (χ1n) is 31.4. The zero-order valence-corrected chi connectivity index (χ0v) is 47.3. The van der Waals surface area contributed by atoms with E-state index in [1.54, 1.807) is 0 Å². The summed E-state index contributed by atoms with van der Waals surface area (Å²) >= 11 is 0. The van der Waals surface area contributed by atoms with E-state index in [4.69, 9.17) is 14.2 Å². The summed E-state index contributed by atoms with van der Waals surface area (Å²) in [5.74, 6) is 0.0244. The Morgan fingerprint density at radius 2 is 0.478 bits per heavy atom. The van der Waals surface area contributed by atoms with Gasteiger partial charge in [-0.1, -0.05) is 323 Å². The average molecular weight is 976 g/mol. The smallest absolute Gasteiger partial charge is 0.306 e. The average Bonchev–Trinajstić information content (AvgIpc) is 3.34. The van der Waals surface area contributed by atoms with Crippen LogP contribution in [0.2, 0.25) is 0 Å². The van der Waals surface area contributed by atoms with Crippen LogP contribution < -0.4 is 0 Å². The molecular formula is C63H122O6. The summed E-state index contributed by atoms with van der Waals surface area (Å²) in [6.07, 6.45) is 63.8. The molecule has 69 heavy (non-hydrogen) atoms. The van der Waals surface area contributed by atoms with Gasteiger partial charge in [0.2, 0.25) is 0 Å². The molecular weight excluding hydrogens is 853 g/mol. The standard InChI is InChI=1S/C63H122O6/c1-5-7-9-11-13-15-17-19-21-22-23-28-32-36-40-44-48-52-56-63(66)69-60(57-67-61(64)54-50-46-42-38-34-30-20-18-16-14-12-10-8-6-2)58-68-62(65)55-51-47-43-39-35-31-27-25-24-26-29-33-37-41-45-49-53-59(3)4/h59-60H,5-58H2,1-4H3/t60-/m1/s1. The first-order chi connectivity index (χ1) is 33.9. The van der Waals surface area contributed by atoms with E-state index < -0.39 is 6.10 Å². The van der Waals surface area contributed by atoms with Crippen LogP contribution in [0, 0.1) is 5.92 Å². The quantitative estimate of drug-likeness (QED) is 0.0343. The topological polar surface area (TPSA) is 78.9 Å². The van der Waals surface area contributed by atoms with E-state index in [0.29, 0.717) is 19.3 Å². The summed E-state index contributed by atoms with van der Waals surface area (Å²) in [7, 11) is 0. The van der Waals surface area contributed by atoms with Crippen molar-refractivity contribution in [2.75, 3.05) is 13.2 Å². The molecule has 0 aliphatic carbocycles. The van der Waals surface area contributed by atoms with Gasteiger partial charge in [0, 0.05) is 19.3 Å². The highest BCUT2D eigenvalue weighted by Gasteiger charge is 2.19. The first-order valence-corrected chi connectivity index (χ1v) is 31.4. The first kappa shape index (κ1) is 67.4. The third-order valence-corrected chi connectivity index (χ3v) is 14.5. The third-order valence-electron chi connectivity index (χ3n) is 14.5. The summed E-state index contributed by atoms with van der Waals surface area (Å²) in [6.45, 7) is 9.09. The molecule has 0 aromatic heterocycles. The van der Waals surface area contributed by atoms with Crippen LogP contribution in [0.4, 0.5) is 0 Å². The fourth-order valence-electron chi connectivity index (χ4n) is 9.81. The van der Waals surface area contributed by atoms with Crippen LogP contribution in [-0.2, 0) is 28.6 Å². The van der Waals surface area contributed by atoms with Crippen molar-refractivity contribution in [3.8, 4) is 0 Å². The number of carbonyl (C=O) groups is 3. The van der Waals surface area contributed by atoms with E-state index in [1.165, 1.54) is 257 Å². The maximum atomic E-state index is 12.9. The van der Waals surface area contributed by atoms with Crippen LogP contribution in [0.15, 0.2) is 0 Å². The lowest BCUT2D eigenvalue weighted by atomic mass is 10.0. The lowest BCUT2D eigenvalue weighted by Gasteiger charge is -2.18. The maximum Gasteiger partial charge on any atom is 0.306 e. The van der Waals surface area contributed by atoms with Gasteiger partial charge in [0.15, 0.2) is 6.10 Å². The van der Waals surface area contributed by atoms with Gasteiger partial charge >= 0.3 is 17.9 Å². The molecule has 0 amide bonds. The van der Waals surface area contributed by atoms with Crippen molar-refractivity contribution in [1.29, 1.82) is 0 Å². The Labute approximate surface area is 431 Å². The fourth-order valence-corrected chi connectivity index (χ4v) is 9.81. The molecule has 0 unspecified atom stereocenters. The highest BCUT2D eigenvalue weighted by atomic mass is 16.6. The number of carbonyl (C=O) groups excluding carboxylic acids is 3. The van der Waals surface area contributed by atoms with Gasteiger partial charge in [-0.2, -0.15) is 0 Å². The van der Waals surface area contributed by atoms with E-state index in [0.717, 1.165) is 63.7 Å². The largest absolute Gasteiger partial charge is 0.462 e. The predicted molar refractivity (Wildman–Crippen MR) is 298 cm³/mol. The van der Waals surface area contributed by atoms with E-state index in [9.17, 15) is 14.4 Å². The number of esters is 3. The van der Waals surface area contributed by atoms with Crippen molar-refractivity contribution in [2.45, 2.75) is 368 Å². The number of ether oxygens (including phenoxy) is 3. The number of hydrogen-bond donors (Lipinski definition) is 0. The Hall–Kier alpha value is -1.59. The van der Waals surface area contributed by atoms with E-state index in [2.05, 4.69) is 27.7 Å². The normalized spacial score (nSPS) is 12.0. The molecule has 0 bridgehead atoms. The minimum atomic E-state index is -0.762. The van der Waals surface area contributed by atoms with Crippen molar-refractivity contribution in [3.05, 3.63) is 0 Å². The number of rotatable bonds is 58. The van der Waals surface area contributed by atoms with Crippen LogP contribution in [0.25, 0.3) is 0 Å². The minimum absolute atomic E-state index is 0.0612. The van der Waals surface area contributed by atoms with Crippen molar-refractivity contribution < 1.29 is 28.6 Å². The molecule has 0 rings (SSSR count). The molecule has 6 nitrogen and oxygen atoms in total. The van der Waals surface area contributed by atoms with Crippen LogP contribution in [0.5, 0.6) is 0 Å². The molecule has 0 saturated carbocycles. The molecule has 1 atom stereocenters. The second-order valence-electron chi connectivity index (χ2n) is 22.2. The van der Waals surface area contributed by atoms with Crippen LogP contribution in [0.1, 0.15) is 362 Å². The van der Waals surface area contributed by atoms with Gasteiger partial charge in [0.25, 0.3) is 0 Å². The maximum absolute atomic E-state index is 12.9. The Kier molecular flexibility index (Phi) is 56.0. The molecule has 0 spiro atoms. The van der Waals surface area contributed by atoms with Crippen LogP contribution in [-0.4, -0.2) is 37.2 Å². The van der Waals surface area contributed by atoms with Gasteiger partial charge < -0.3 is 14.2 Å². The summed E-state index contributed by atoms with van der Waals surface area (Å²) in [5.41, 5.74) is 0. The fraction of sp³-hybridized carbons (Fsp3) is 0.952. The molecule has 0 saturated heterocycles. The van der Waals surface area contributed by atoms with Gasteiger partial charge in [0.05, 0.1) is 0 Å². The lowest BCUT2D eigenvalue weighted by Crippen LogP contribution is -2.30. The highest BCUT2D eigenvalue weighted by molar-refractivity contribution is 5.71.